The Labute approximate surface area is 167 Å². The third-order valence-corrected chi connectivity index (χ3v) is 6.02. The monoisotopic (exact) mass is 379 g/mol. The van der Waals surface area contributed by atoms with E-state index in [9.17, 15) is 4.39 Å². The van der Waals surface area contributed by atoms with Gasteiger partial charge in [-0.3, -0.25) is 0 Å². The lowest BCUT2D eigenvalue weighted by Crippen LogP contribution is -2.29. The molecule has 3 nitrogen and oxygen atoms in total. The number of fused-ring (bicyclic) bond motifs is 1. The van der Waals surface area contributed by atoms with Crippen molar-refractivity contribution in [3.63, 3.8) is 0 Å². The molecule has 1 heterocycles. The molecule has 148 valence electrons. The lowest BCUT2D eigenvalue weighted by Gasteiger charge is -2.40. The molecule has 1 aliphatic rings. The van der Waals surface area contributed by atoms with Crippen LogP contribution in [0.1, 0.15) is 58.6 Å². The Hall–Kier alpha value is -2.36. The van der Waals surface area contributed by atoms with Crippen molar-refractivity contribution in [3.05, 3.63) is 53.8 Å². The summed E-state index contributed by atoms with van der Waals surface area (Å²) in [4.78, 5) is 4.67. The van der Waals surface area contributed by atoms with E-state index >= 15 is 0 Å². The lowest BCUT2D eigenvalue weighted by atomic mass is 9.70. The molecule has 0 saturated heterocycles. The van der Waals surface area contributed by atoms with Crippen molar-refractivity contribution in [1.82, 2.24) is 9.55 Å². The van der Waals surface area contributed by atoms with Gasteiger partial charge >= 0.3 is 0 Å². The number of rotatable bonds is 4. The highest BCUT2D eigenvalue weighted by Gasteiger charge is 2.34. The molecule has 4 rings (SSSR count). The van der Waals surface area contributed by atoms with Gasteiger partial charge in [0, 0.05) is 11.7 Å². The topological polar surface area (TPSA) is 29.9 Å². The van der Waals surface area contributed by atoms with E-state index < -0.39 is 0 Å². The Kier molecular flexibility index (Phi) is 4.90. The van der Waals surface area contributed by atoms with Crippen LogP contribution in [0.2, 0.25) is 0 Å². The van der Waals surface area contributed by atoms with E-state index in [0.29, 0.717) is 17.5 Å². The molecule has 1 fully saturated rings. The molecule has 1 aliphatic carbocycles. The second-order valence-electron chi connectivity index (χ2n) is 9.16. The molecule has 4 heteroatoms. The number of anilines is 2. The van der Waals surface area contributed by atoms with Crippen LogP contribution in [-0.4, -0.2) is 9.55 Å². The Balaban J connectivity index is 1.79. The van der Waals surface area contributed by atoms with Crippen LogP contribution in [0, 0.1) is 17.2 Å². The SMILES string of the molecule is CCc1ccc(Nc2nc3c(F)cccc3n2[C@H]2C[C@@H](C)CC(C)(C)C2)cc1. The number of benzene rings is 2. The first-order valence-electron chi connectivity index (χ1n) is 10.4. The summed E-state index contributed by atoms with van der Waals surface area (Å²) >= 11 is 0. The predicted molar refractivity (Wildman–Crippen MR) is 115 cm³/mol. The smallest absolute Gasteiger partial charge is 0.208 e. The molecule has 0 radical (unpaired) electrons. The number of nitrogens with one attached hydrogen (secondary N) is 1. The summed E-state index contributed by atoms with van der Waals surface area (Å²) in [6.07, 6.45) is 4.41. The highest BCUT2D eigenvalue weighted by molar-refractivity contribution is 5.80. The average Bonchev–Trinajstić information content (AvgIpc) is 3.00. The van der Waals surface area contributed by atoms with Crippen LogP contribution >= 0.6 is 0 Å². The number of nitrogens with zero attached hydrogens (tertiary/aromatic N) is 2. The largest absolute Gasteiger partial charge is 0.326 e. The van der Waals surface area contributed by atoms with Crippen LogP contribution in [0.5, 0.6) is 0 Å². The minimum Gasteiger partial charge on any atom is -0.326 e. The molecule has 1 aromatic heterocycles. The Bertz CT molecular complexity index is 971. The summed E-state index contributed by atoms with van der Waals surface area (Å²) in [7, 11) is 0. The molecule has 2 aromatic carbocycles. The zero-order valence-corrected chi connectivity index (χ0v) is 17.3. The van der Waals surface area contributed by atoms with Crippen LogP contribution in [0.4, 0.5) is 16.0 Å². The van der Waals surface area contributed by atoms with Gasteiger partial charge in [0.1, 0.15) is 5.52 Å². The van der Waals surface area contributed by atoms with Gasteiger partial charge in [0.05, 0.1) is 5.52 Å². The standard InChI is InChI=1S/C24H30FN3/c1-5-17-9-11-18(12-10-17)26-23-27-22-20(25)7-6-8-21(22)28(23)19-13-16(2)14-24(3,4)15-19/h6-12,16,19H,5,13-15H2,1-4H3,(H,26,27)/t16-,19+/m1/s1. The van der Waals surface area contributed by atoms with E-state index in [-0.39, 0.29) is 11.2 Å². The second-order valence-corrected chi connectivity index (χ2v) is 9.16. The quantitative estimate of drug-likeness (QED) is 0.536. The molecular formula is C24H30FN3. The van der Waals surface area contributed by atoms with E-state index in [0.717, 1.165) is 36.4 Å². The fraction of sp³-hybridized carbons (Fsp3) is 0.458. The van der Waals surface area contributed by atoms with E-state index in [4.69, 9.17) is 0 Å². The summed E-state index contributed by atoms with van der Waals surface area (Å²) in [6, 6.07) is 14.0. The molecule has 28 heavy (non-hydrogen) atoms. The van der Waals surface area contributed by atoms with Gasteiger partial charge in [0.15, 0.2) is 5.82 Å². The first-order valence-corrected chi connectivity index (χ1v) is 10.4. The van der Waals surface area contributed by atoms with Gasteiger partial charge in [-0.25, -0.2) is 9.37 Å². The predicted octanol–water partition coefficient (Wildman–Crippen LogP) is 6.87. The van der Waals surface area contributed by atoms with Crippen molar-refractivity contribution < 1.29 is 4.39 Å². The molecule has 2 atom stereocenters. The zero-order chi connectivity index (χ0) is 19.9. The highest BCUT2D eigenvalue weighted by atomic mass is 19.1. The second kappa shape index (κ2) is 7.23. The number of halogens is 1. The maximum absolute atomic E-state index is 14.5. The van der Waals surface area contributed by atoms with Crippen molar-refractivity contribution in [1.29, 1.82) is 0 Å². The summed E-state index contributed by atoms with van der Waals surface area (Å²) in [6.45, 7) is 9.15. The van der Waals surface area contributed by atoms with E-state index in [1.54, 1.807) is 6.07 Å². The molecule has 1 N–H and O–H groups in total. The maximum Gasteiger partial charge on any atom is 0.208 e. The van der Waals surface area contributed by atoms with Gasteiger partial charge in [-0.05, 0) is 66.8 Å². The van der Waals surface area contributed by atoms with Crippen molar-refractivity contribution in [2.75, 3.05) is 5.32 Å². The summed E-state index contributed by atoms with van der Waals surface area (Å²) in [5, 5.41) is 3.47. The number of hydrogen-bond donors (Lipinski definition) is 1. The van der Waals surface area contributed by atoms with E-state index in [2.05, 4.69) is 66.8 Å². The summed E-state index contributed by atoms with van der Waals surface area (Å²) < 4.78 is 16.7. The third kappa shape index (κ3) is 3.65. The van der Waals surface area contributed by atoms with Crippen molar-refractivity contribution in [2.24, 2.45) is 11.3 Å². The first kappa shape index (κ1) is 19.0. The molecule has 0 unspecified atom stereocenters. The minimum atomic E-state index is -0.260. The fourth-order valence-corrected chi connectivity index (χ4v) is 4.99. The van der Waals surface area contributed by atoms with Crippen molar-refractivity contribution >= 4 is 22.7 Å². The number of imidazole rings is 1. The average molecular weight is 380 g/mol. The number of aromatic nitrogens is 2. The first-order chi connectivity index (χ1) is 13.4. The molecule has 0 aliphatic heterocycles. The molecular weight excluding hydrogens is 349 g/mol. The third-order valence-electron chi connectivity index (χ3n) is 6.02. The van der Waals surface area contributed by atoms with Crippen molar-refractivity contribution in [2.45, 2.75) is 59.4 Å². The van der Waals surface area contributed by atoms with Gasteiger partial charge in [0.25, 0.3) is 0 Å². The Morgan fingerprint density at radius 1 is 1.14 bits per heavy atom. The van der Waals surface area contributed by atoms with Crippen LogP contribution in [0.3, 0.4) is 0 Å². The number of hydrogen-bond acceptors (Lipinski definition) is 2. The molecule has 0 spiro atoms. The Morgan fingerprint density at radius 2 is 1.89 bits per heavy atom. The normalized spacial score (nSPS) is 21.8. The van der Waals surface area contributed by atoms with Crippen LogP contribution < -0.4 is 5.32 Å². The number of aryl methyl sites for hydroxylation is 1. The minimum absolute atomic E-state index is 0.260. The maximum atomic E-state index is 14.5. The molecule has 0 bridgehead atoms. The lowest BCUT2D eigenvalue weighted by molar-refractivity contribution is 0.140. The van der Waals surface area contributed by atoms with Gasteiger partial charge < -0.3 is 9.88 Å². The van der Waals surface area contributed by atoms with Gasteiger partial charge in [-0.1, -0.05) is 45.9 Å². The highest BCUT2D eigenvalue weighted by Crippen LogP contribution is 2.46. The van der Waals surface area contributed by atoms with Crippen LogP contribution in [0.25, 0.3) is 11.0 Å². The van der Waals surface area contributed by atoms with Gasteiger partial charge in [0.2, 0.25) is 5.95 Å². The summed E-state index contributed by atoms with van der Waals surface area (Å²) in [5.74, 6) is 1.11. The fourth-order valence-electron chi connectivity index (χ4n) is 4.99. The van der Waals surface area contributed by atoms with Gasteiger partial charge in [-0.15, -0.1) is 0 Å². The van der Waals surface area contributed by atoms with Crippen LogP contribution in [-0.2, 0) is 6.42 Å². The van der Waals surface area contributed by atoms with Crippen molar-refractivity contribution in [3.8, 4) is 0 Å². The van der Waals surface area contributed by atoms with Gasteiger partial charge in [-0.2, -0.15) is 0 Å². The van der Waals surface area contributed by atoms with Crippen LogP contribution in [0.15, 0.2) is 42.5 Å². The summed E-state index contributed by atoms with van der Waals surface area (Å²) in [5.41, 5.74) is 3.88. The van der Waals surface area contributed by atoms with E-state index in [1.807, 2.05) is 6.07 Å². The van der Waals surface area contributed by atoms with E-state index in [1.165, 1.54) is 18.1 Å². The Morgan fingerprint density at radius 3 is 2.57 bits per heavy atom. The number of para-hydroxylation sites is 1. The molecule has 0 amide bonds. The molecule has 1 saturated carbocycles. The zero-order valence-electron chi connectivity index (χ0n) is 17.3. The molecule has 3 aromatic rings.